The Labute approximate surface area is 144 Å². The van der Waals surface area contributed by atoms with E-state index >= 15 is 0 Å². The minimum absolute atomic E-state index is 0.0187. The van der Waals surface area contributed by atoms with E-state index in [4.69, 9.17) is 0 Å². The third-order valence-electron chi connectivity index (χ3n) is 3.93. The van der Waals surface area contributed by atoms with Crippen molar-refractivity contribution in [2.45, 2.75) is 26.8 Å². The second-order valence-corrected chi connectivity index (χ2v) is 6.21. The molecule has 0 fully saturated rings. The quantitative estimate of drug-likeness (QED) is 0.719. The number of fused-ring (bicyclic) bond motifs is 1. The molecule has 1 aromatic heterocycles. The van der Waals surface area contributed by atoms with Crippen molar-refractivity contribution in [1.82, 2.24) is 9.78 Å². The van der Waals surface area contributed by atoms with E-state index in [0.717, 1.165) is 5.56 Å². The van der Waals surface area contributed by atoms with Crippen LogP contribution in [0.15, 0.2) is 47.3 Å². The van der Waals surface area contributed by atoms with Crippen LogP contribution in [0.5, 0.6) is 5.75 Å². The summed E-state index contributed by atoms with van der Waals surface area (Å²) in [5, 5.41) is 17.8. The molecule has 3 aromatic rings. The van der Waals surface area contributed by atoms with Gasteiger partial charge in [0.15, 0.2) is 5.69 Å². The van der Waals surface area contributed by atoms with Crippen molar-refractivity contribution in [3.8, 4) is 5.75 Å². The average Bonchev–Trinajstić information content (AvgIpc) is 2.57. The topological polar surface area (TPSA) is 84.2 Å². The molecule has 2 aromatic carbocycles. The summed E-state index contributed by atoms with van der Waals surface area (Å²) < 4.78 is 1.30. The number of rotatable bonds is 3. The zero-order valence-corrected chi connectivity index (χ0v) is 14.3. The molecule has 6 heteroatoms. The number of carbonyl (C=O) groups is 1. The van der Waals surface area contributed by atoms with Gasteiger partial charge in [0.2, 0.25) is 0 Å². The summed E-state index contributed by atoms with van der Waals surface area (Å²) in [7, 11) is 0. The van der Waals surface area contributed by atoms with Crippen molar-refractivity contribution in [2.75, 3.05) is 5.32 Å². The summed E-state index contributed by atoms with van der Waals surface area (Å²) in [4.78, 5) is 25.3. The second-order valence-electron chi connectivity index (χ2n) is 6.21. The standard InChI is InChI=1S/C19H19N3O3/c1-11(2)22-19(25)14-7-5-4-6-13(14)17(21-22)18(24)20-15-9-8-12(3)10-16(15)23/h4-11,23H,1-3H3,(H,20,24). The van der Waals surface area contributed by atoms with Crippen molar-refractivity contribution in [3.63, 3.8) is 0 Å². The molecule has 6 nitrogen and oxygen atoms in total. The lowest BCUT2D eigenvalue weighted by Crippen LogP contribution is -2.28. The number of hydrogen-bond donors (Lipinski definition) is 2. The predicted molar refractivity (Wildman–Crippen MR) is 97.2 cm³/mol. The smallest absolute Gasteiger partial charge is 0.276 e. The molecule has 128 valence electrons. The van der Waals surface area contributed by atoms with Gasteiger partial charge in [-0.3, -0.25) is 9.59 Å². The Hall–Kier alpha value is -3.15. The number of phenols is 1. The Balaban J connectivity index is 2.12. The fourth-order valence-electron chi connectivity index (χ4n) is 2.65. The van der Waals surface area contributed by atoms with Crippen LogP contribution in [0.25, 0.3) is 10.8 Å². The van der Waals surface area contributed by atoms with E-state index in [2.05, 4.69) is 10.4 Å². The lowest BCUT2D eigenvalue weighted by Gasteiger charge is -2.14. The van der Waals surface area contributed by atoms with Gasteiger partial charge in [0, 0.05) is 5.39 Å². The van der Waals surface area contributed by atoms with Gasteiger partial charge in [-0.15, -0.1) is 0 Å². The van der Waals surface area contributed by atoms with Crippen LogP contribution in [0.2, 0.25) is 0 Å². The third-order valence-corrected chi connectivity index (χ3v) is 3.93. The van der Waals surface area contributed by atoms with Gasteiger partial charge in [0.1, 0.15) is 5.75 Å². The number of amides is 1. The lowest BCUT2D eigenvalue weighted by atomic mass is 10.1. The molecule has 2 N–H and O–H groups in total. The van der Waals surface area contributed by atoms with Gasteiger partial charge in [0.25, 0.3) is 11.5 Å². The Kier molecular flexibility index (Phi) is 4.27. The fourth-order valence-corrected chi connectivity index (χ4v) is 2.65. The van der Waals surface area contributed by atoms with E-state index in [1.165, 1.54) is 4.68 Å². The van der Waals surface area contributed by atoms with Crippen LogP contribution in [0.4, 0.5) is 5.69 Å². The predicted octanol–water partition coefficient (Wildman–Crippen LogP) is 3.24. The van der Waals surface area contributed by atoms with Crippen molar-refractivity contribution >= 4 is 22.4 Å². The summed E-state index contributed by atoms with van der Waals surface area (Å²) >= 11 is 0. The number of phenolic OH excluding ortho intramolecular Hbond substituents is 1. The average molecular weight is 337 g/mol. The van der Waals surface area contributed by atoms with E-state index in [9.17, 15) is 14.7 Å². The van der Waals surface area contributed by atoms with Gasteiger partial charge in [-0.2, -0.15) is 5.10 Å². The third kappa shape index (κ3) is 3.10. The minimum atomic E-state index is -0.482. The Morgan fingerprint density at radius 2 is 1.84 bits per heavy atom. The Bertz CT molecular complexity index is 1020. The number of hydrogen-bond acceptors (Lipinski definition) is 4. The molecule has 1 amide bonds. The zero-order chi connectivity index (χ0) is 18.1. The molecular weight excluding hydrogens is 318 g/mol. The lowest BCUT2D eigenvalue weighted by molar-refractivity contribution is 0.102. The van der Waals surface area contributed by atoms with E-state index < -0.39 is 5.91 Å². The number of nitrogens with one attached hydrogen (secondary N) is 1. The molecule has 0 saturated heterocycles. The summed E-state index contributed by atoms with van der Waals surface area (Å²) in [5.74, 6) is -0.500. The maximum Gasteiger partial charge on any atom is 0.276 e. The van der Waals surface area contributed by atoms with Crippen molar-refractivity contribution in [3.05, 3.63) is 64.1 Å². The largest absolute Gasteiger partial charge is 0.506 e. The second kappa shape index (κ2) is 6.39. The highest BCUT2D eigenvalue weighted by Gasteiger charge is 2.18. The molecule has 0 saturated carbocycles. The van der Waals surface area contributed by atoms with E-state index in [1.807, 2.05) is 20.8 Å². The number of aromatic nitrogens is 2. The first-order valence-electron chi connectivity index (χ1n) is 8.01. The minimum Gasteiger partial charge on any atom is -0.506 e. The number of nitrogens with zero attached hydrogens (tertiary/aromatic N) is 2. The van der Waals surface area contributed by atoms with Crippen LogP contribution >= 0.6 is 0 Å². The number of aryl methyl sites for hydroxylation is 1. The maximum atomic E-state index is 12.8. The molecular formula is C19H19N3O3. The van der Waals surface area contributed by atoms with Crippen molar-refractivity contribution in [2.24, 2.45) is 0 Å². The highest BCUT2D eigenvalue weighted by Crippen LogP contribution is 2.25. The SMILES string of the molecule is Cc1ccc(NC(=O)c2nn(C(C)C)c(=O)c3ccccc23)c(O)c1. The van der Waals surface area contributed by atoms with Crippen molar-refractivity contribution in [1.29, 1.82) is 0 Å². The van der Waals surface area contributed by atoms with Crippen molar-refractivity contribution < 1.29 is 9.90 Å². The van der Waals surface area contributed by atoms with Gasteiger partial charge in [-0.1, -0.05) is 24.3 Å². The van der Waals surface area contributed by atoms with Gasteiger partial charge >= 0.3 is 0 Å². The Morgan fingerprint density at radius 1 is 1.16 bits per heavy atom. The first-order chi connectivity index (χ1) is 11.9. The monoisotopic (exact) mass is 337 g/mol. The normalized spacial score (nSPS) is 11.0. The molecule has 25 heavy (non-hydrogen) atoms. The molecule has 0 bridgehead atoms. The molecule has 0 aliphatic heterocycles. The van der Waals surface area contributed by atoms with Crippen LogP contribution in [0.1, 0.15) is 35.9 Å². The van der Waals surface area contributed by atoms with E-state index in [0.29, 0.717) is 16.5 Å². The summed E-state index contributed by atoms with van der Waals surface area (Å²) in [5.41, 5.74) is 1.08. The highest BCUT2D eigenvalue weighted by molar-refractivity contribution is 6.11. The number of carbonyl (C=O) groups excluding carboxylic acids is 1. The molecule has 0 aliphatic rings. The van der Waals surface area contributed by atoms with Gasteiger partial charge in [-0.05, 0) is 44.5 Å². The maximum absolute atomic E-state index is 12.8. The van der Waals surface area contributed by atoms with E-state index in [-0.39, 0.29) is 23.0 Å². The highest BCUT2D eigenvalue weighted by atomic mass is 16.3. The first kappa shape index (κ1) is 16.7. The van der Waals surface area contributed by atoms with Crippen LogP contribution in [-0.4, -0.2) is 20.8 Å². The number of anilines is 1. The summed E-state index contributed by atoms with van der Waals surface area (Å²) in [6.45, 7) is 5.51. The van der Waals surface area contributed by atoms with Gasteiger partial charge in [0.05, 0.1) is 17.1 Å². The molecule has 3 rings (SSSR count). The molecule has 0 unspecified atom stereocenters. The molecule has 0 aliphatic carbocycles. The molecule has 0 spiro atoms. The number of benzene rings is 2. The van der Waals surface area contributed by atoms with Crippen LogP contribution in [-0.2, 0) is 0 Å². The number of aromatic hydroxyl groups is 1. The molecule has 1 heterocycles. The van der Waals surface area contributed by atoms with E-state index in [1.54, 1.807) is 42.5 Å². The van der Waals surface area contributed by atoms with Crippen LogP contribution in [0, 0.1) is 6.92 Å². The summed E-state index contributed by atoms with van der Waals surface area (Å²) in [6.07, 6.45) is 0. The first-order valence-corrected chi connectivity index (χ1v) is 8.01. The van der Waals surface area contributed by atoms with Gasteiger partial charge < -0.3 is 10.4 Å². The van der Waals surface area contributed by atoms with Gasteiger partial charge in [-0.25, -0.2) is 4.68 Å². The zero-order valence-electron chi connectivity index (χ0n) is 14.3. The fraction of sp³-hybridized carbons (Fsp3) is 0.211. The van der Waals surface area contributed by atoms with Crippen LogP contribution in [0.3, 0.4) is 0 Å². The molecule has 0 atom stereocenters. The Morgan fingerprint density at radius 3 is 2.48 bits per heavy atom. The summed E-state index contributed by atoms with van der Waals surface area (Å²) in [6, 6.07) is 11.7. The molecule has 0 radical (unpaired) electrons. The van der Waals surface area contributed by atoms with Crippen LogP contribution < -0.4 is 10.9 Å².